The van der Waals surface area contributed by atoms with Crippen molar-refractivity contribution in [1.82, 2.24) is 4.98 Å². The Labute approximate surface area is 170 Å². The highest BCUT2D eigenvalue weighted by molar-refractivity contribution is 7.15. The summed E-state index contributed by atoms with van der Waals surface area (Å²) in [5.41, 5.74) is 1.68. The fourth-order valence-electron chi connectivity index (χ4n) is 3.03. The topological polar surface area (TPSA) is 81.4 Å². The fourth-order valence-corrected chi connectivity index (χ4v) is 3.71. The molecule has 0 spiro atoms. The summed E-state index contributed by atoms with van der Waals surface area (Å²) in [5.74, 6) is 0.664. The third-order valence-electron chi connectivity index (χ3n) is 4.34. The Morgan fingerprint density at radius 3 is 2.69 bits per heavy atom. The molecule has 2 heterocycles. The van der Waals surface area contributed by atoms with Crippen LogP contribution >= 0.6 is 11.3 Å². The summed E-state index contributed by atoms with van der Waals surface area (Å²) in [6.45, 7) is 3.51. The number of ether oxygens (including phenoxy) is 1. The van der Waals surface area contributed by atoms with Crippen molar-refractivity contribution >= 4 is 33.3 Å². The highest BCUT2D eigenvalue weighted by Crippen LogP contribution is 2.26. The van der Waals surface area contributed by atoms with Gasteiger partial charge in [-0.2, -0.15) is 0 Å². The van der Waals surface area contributed by atoms with Gasteiger partial charge in [-0.15, -0.1) is 11.3 Å². The van der Waals surface area contributed by atoms with E-state index in [1.807, 2.05) is 37.3 Å². The predicted octanol–water partition coefficient (Wildman–Crippen LogP) is 4.55. The van der Waals surface area contributed by atoms with Gasteiger partial charge in [0.1, 0.15) is 17.1 Å². The van der Waals surface area contributed by atoms with Crippen LogP contribution in [0.2, 0.25) is 0 Å². The summed E-state index contributed by atoms with van der Waals surface area (Å²) in [6, 6.07) is 14.4. The second-order valence-corrected chi connectivity index (χ2v) is 7.73. The van der Waals surface area contributed by atoms with Gasteiger partial charge in [-0.05, 0) is 31.5 Å². The molecular weight excluding hydrogens is 388 g/mol. The van der Waals surface area contributed by atoms with Gasteiger partial charge in [0.2, 0.25) is 5.43 Å². The van der Waals surface area contributed by atoms with E-state index >= 15 is 0 Å². The first-order valence-electron chi connectivity index (χ1n) is 8.99. The minimum absolute atomic E-state index is 0.0987. The average molecular weight is 406 g/mol. The number of nitrogens with zero attached hydrogens (tertiary/aromatic N) is 1. The smallest absolute Gasteiger partial charge is 0.264 e. The maximum Gasteiger partial charge on any atom is 0.264 e. The van der Waals surface area contributed by atoms with Crippen LogP contribution < -0.4 is 15.5 Å². The molecule has 146 valence electrons. The number of carbonyl (C=O) groups is 1. The Kier molecular flexibility index (Phi) is 5.14. The molecule has 0 aliphatic carbocycles. The molecule has 0 unspecified atom stereocenters. The second kappa shape index (κ2) is 7.89. The monoisotopic (exact) mass is 406 g/mol. The molecular formula is C22H18N2O4S. The van der Waals surface area contributed by atoms with Crippen LogP contribution in [0.15, 0.2) is 63.9 Å². The van der Waals surface area contributed by atoms with Crippen LogP contribution in [0.5, 0.6) is 5.75 Å². The first-order valence-corrected chi connectivity index (χ1v) is 9.81. The quantitative estimate of drug-likeness (QED) is 0.526. The third-order valence-corrected chi connectivity index (χ3v) is 5.17. The maximum atomic E-state index is 13.0. The molecule has 1 amide bonds. The minimum atomic E-state index is -0.309. The number of nitrogens with one attached hydrogen (secondary N) is 1. The molecule has 0 saturated carbocycles. The number of rotatable bonds is 5. The van der Waals surface area contributed by atoms with Crippen LogP contribution in [0.1, 0.15) is 10.6 Å². The van der Waals surface area contributed by atoms with Crippen molar-refractivity contribution in [2.24, 2.45) is 0 Å². The third kappa shape index (κ3) is 4.05. The lowest BCUT2D eigenvalue weighted by Gasteiger charge is -2.09. The number of aryl methyl sites for hydroxylation is 2. The summed E-state index contributed by atoms with van der Waals surface area (Å²) in [4.78, 5) is 30.1. The molecule has 0 fully saturated rings. The van der Waals surface area contributed by atoms with Crippen molar-refractivity contribution in [3.63, 3.8) is 0 Å². The molecule has 0 radical (unpaired) electrons. The van der Waals surface area contributed by atoms with E-state index < -0.39 is 0 Å². The maximum absolute atomic E-state index is 13.0. The van der Waals surface area contributed by atoms with Gasteiger partial charge in [-0.1, -0.05) is 30.3 Å². The largest absolute Gasteiger partial charge is 0.484 e. The van der Waals surface area contributed by atoms with Crippen LogP contribution in [-0.4, -0.2) is 17.5 Å². The van der Waals surface area contributed by atoms with Crippen molar-refractivity contribution in [1.29, 1.82) is 0 Å². The number of fused-ring (bicyclic) bond motifs is 1. The van der Waals surface area contributed by atoms with Crippen LogP contribution in [0, 0.1) is 13.8 Å². The lowest BCUT2D eigenvalue weighted by molar-refractivity contribution is -0.118. The summed E-state index contributed by atoms with van der Waals surface area (Å²) in [7, 11) is 0. The minimum Gasteiger partial charge on any atom is -0.484 e. The number of carbonyl (C=O) groups excluding carboxylic acids is 1. The van der Waals surface area contributed by atoms with E-state index in [0.29, 0.717) is 33.2 Å². The van der Waals surface area contributed by atoms with Gasteiger partial charge in [0.15, 0.2) is 11.7 Å². The van der Waals surface area contributed by atoms with Crippen LogP contribution in [0.4, 0.5) is 5.13 Å². The standard InChI is InChI=1S/C22H18N2O4S/c1-13-11-23-22(29-13)24-19(25)12-27-16-8-9-17-18(10-16)28-14(2)20(21(17)26)15-6-4-3-5-7-15/h3-11H,12H2,1-2H3,(H,23,24,25). The van der Waals surface area contributed by atoms with Crippen LogP contribution in [-0.2, 0) is 4.79 Å². The molecule has 0 saturated heterocycles. The van der Waals surface area contributed by atoms with Crippen LogP contribution in [0.3, 0.4) is 0 Å². The molecule has 29 heavy (non-hydrogen) atoms. The summed E-state index contributed by atoms with van der Waals surface area (Å²) < 4.78 is 11.4. The van der Waals surface area contributed by atoms with Gasteiger partial charge in [0.25, 0.3) is 5.91 Å². The van der Waals surface area contributed by atoms with E-state index in [1.54, 1.807) is 31.3 Å². The zero-order chi connectivity index (χ0) is 20.4. The summed E-state index contributed by atoms with van der Waals surface area (Å²) in [5, 5.41) is 3.68. The van der Waals surface area contributed by atoms with Gasteiger partial charge in [0.05, 0.1) is 10.9 Å². The van der Waals surface area contributed by atoms with E-state index in [9.17, 15) is 9.59 Å². The molecule has 1 N–H and O–H groups in total. The molecule has 0 aliphatic heterocycles. The van der Waals surface area contributed by atoms with Crippen molar-refractivity contribution in [2.75, 3.05) is 11.9 Å². The number of thiazole rings is 1. The Balaban J connectivity index is 1.55. The zero-order valence-corrected chi connectivity index (χ0v) is 16.7. The SMILES string of the molecule is Cc1cnc(NC(=O)COc2ccc3c(=O)c(-c4ccccc4)c(C)oc3c2)s1. The zero-order valence-electron chi connectivity index (χ0n) is 15.9. The molecule has 4 rings (SSSR count). The number of anilines is 1. The van der Waals surface area contributed by atoms with Crippen molar-refractivity contribution < 1.29 is 13.9 Å². The molecule has 2 aromatic heterocycles. The lowest BCUT2D eigenvalue weighted by atomic mass is 10.0. The molecule has 0 aliphatic rings. The summed E-state index contributed by atoms with van der Waals surface area (Å²) >= 11 is 1.39. The van der Waals surface area contributed by atoms with Gasteiger partial charge in [-0.3, -0.25) is 14.9 Å². The van der Waals surface area contributed by atoms with E-state index in [4.69, 9.17) is 9.15 Å². The number of benzene rings is 2. The van der Waals surface area contributed by atoms with Gasteiger partial charge in [-0.25, -0.2) is 4.98 Å². The fraction of sp³-hybridized carbons (Fsp3) is 0.136. The van der Waals surface area contributed by atoms with E-state index in [-0.39, 0.29) is 17.9 Å². The molecule has 4 aromatic rings. The average Bonchev–Trinajstić information content (AvgIpc) is 3.11. The number of amides is 1. The molecule has 0 bridgehead atoms. The van der Waals surface area contributed by atoms with E-state index in [1.165, 1.54) is 11.3 Å². The highest BCUT2D eigenvalue weighted by Gasteiger charge is 2.14. The van der Waals surface area contributed by atoms with Crippen molar-refractivity contribution in [2.45, 2.75) is 13.8 Å². The normalized spacial score (nSPS) is 10.8. The Morgan fingerprint density at radius 1 is 1.17 bits per heavy atom. The number of aromatic nitrogens is 1. The molecule has 6 nitrogen and oxygen atoms in total. The predicted molar refractivity (Wildman–Crippen MR) is 114 cm³/mol. The van der Waals surface area contributed by atoms with Crippen molar-refractivity contribution in [3.05, 3.63) is 75.6 Å². The molecule has 7 heteroatoms. The lowest BCUT2D eigenvalue weighted by Crippen LogP contribution is -2.20. The molecule has 2 aromatic carbocycles. The van der Waals surface area contributed by atoms with Gasteiger partial charge in [0, 0.05) is 17.1 Å². The van der Waals surface area contributed by atoms with Gasteiger partial charge >= 0.3 is 0 Å². The summed E-state index contributed by atoms with van der Waals surface area (Å²) in [6.07, 6.45) is 1.69. The highest BCUT2D eigenvalue weighted by atomic mass is 32.1. The van der Waals surface area contributed by atoms with Crippen molar-refractivity contribution in [3.8, 4) is 16.9 Å². The Hall–Kier alpha value is -3.45. The molecule has 0 atom stereocenters. The Bertz CT molecular complexity index is 1240. The first kappa shape index (κ1) is 18.9. The number of hydrogen-bond acceptors (Lipinski definition) is 6. The first-order chi connectivity index (χ1) is 14.0. The van der Waals surface area contributed by atoms with E-state index in [2.05, 4.69) is 10.3 Å². The second-order valence-electron chi connectivity index (χ2n) is 6.50. The number of hydrogen-bond donors (Lipinski definition) is 1. The van der Waals surface area contributed by atoms with E-state index in [0.717, 1.165) is 10.4 Å². The Morgan fingerprint density at radius 2 is 1.97 bits per heavy atom. The van der Waals surface area contributed by atoms with Gasteiger partial charge < -0.3 is 9.15 Å². The van der Waals surface area contributed by atoms with Crippen LogP contribution in [0.25, 0.3) is 22.1 Å².